The standard InChI is InChI=1S/C59H102O6/c1-4-7-10-13-16-19-22-23-24-25-26-27-28-29-30-31-32-33-34-35-36-37-38-41-43-46-49-52-58(61)64-55-56(65-59(62)53-50-47-44-40-21-18-15-12-9-6-3)54-63-57(60)51-48-45-42-39-20-17-14-11-8-5-2/h7,10,12,15-16,19,23-24,26-27,29-30,56H,4-6,8-9,11,13-14,17-18,20-22,25,28,31-55H2,1-3H3/b10-7-,15-12-,19-16-,24-23-,27-26-,30-29-. The van der Waals surface area contributed by atoms with Gasteiger partial charge in [0, 0.05) is 19.3 Å². The van der Waals surface area contributed by atoms with Gasteiger partial charge in [-0.2, -0.15) is 0 Å². The second-order valence-electron chi connectivity index (χ2n) is 18.1. The number of allylic oxidation sites excluding steroid dienone is 12. The molecule has 0 aliphatic rings. The first-order valence-electron chi connectivity index (χ1n) is 27.4. The van der Waals surface area contributed by atoms with Crippen molar-refractivity contribution in [3.8, 4) is 0 Å². The molecule has 65 heavy (non-hydrogen) atoms. The molecule has 374 valence electrons. The third-order valence-electron chi connectivity index (χ3n) is 11.7. The molecule has 6 nitrogen and oxygen atoms in total. The predicted molar refractivity (Wildman–Crippen MR) is 279 cm³/mol. The van der Waals surface area contributed by atoms with Crippen LogP contribution in [0.5, 0.6) is 0 Å². The summed E-state index contributed by atoms with van der Waals surface area (Å²) in [5, 5.41) is 0. The van der Waals surface area contributed by atoms with Gasteiger partial charge >= 0.3 is 17.9 Å². The van der Waals surface area contributed by atoms with Crippen molar-refractivity contribution in [2.75, 3.05) is 13.2 Å². The van der Waals surface area contributed by atoms with Crippen LogP contribution in [0, 0.1) is 0 Å². The third kappa shape index (κ3) is 51.7. The van der Waals surface area contributed by atoms with Crippen LogP contribution in [0.25, 0.3) is 0 Å². The Morgan fingerprint density at radius 1 is 0.323 bits per heavy atom. The predicted octanol–water partition coefficient (Wildman–Crippen LogP) is 18.2. The molecular weight excluding hydrogens is 805 g/mol. The highest BCUT2D eigenvalue weighted by molar-refractivity contribution is 5.71. The highest BCUT2D eigenvalue weighted by Crippen LogP contribution is 2.15. The molecule has 0 spiro atoms. The maximum absolute atomic E-state index is 12.7. The zero-order valence-corrected chi connectivity index (χ0v) is 42.7. The van der Waals surface area contributed by atoms with E-state index in [0.717, 1.165) is 109 Å². The van der Waals surface area contributed by atoms with Crippen LogP contribution in [0.15, 0.2) is 72.9 Å². The molecule has 0 fully saturated rings. The van der Waals surface area contributed by atoms with Gasteiger partial charge in [0.25, 0.3) is 0 Å². The van der Waals surface area contributed by atoms with Crippen LogP contribution in [0.3, 0.4) is 0 Å². The Hall–Kier alpha value is -3.15. The van der Waals surface area contributed by atoms with Gasteiger partial charge in [0.2, 0.25) is 0 Å². The van der Waals surface area contributed by atoms with Crippen molar-refractivity contribution in [3.05, 3.63) is 72.9 Å². The summed E-state index contributed by atoms with van der Waals surface area (Å²) in [4.78, 5) is 37.9. The van der Waals surface area contributed by atoms with E-state index in [4.69, 9.17) is 14.2 Å². The van der Waals surface area contributed by atoms with Crippen LogP contribution < -0.4 is 0 Å². The second kappa shape index (κ2) is 53.5. The molecule has 1 unspecified atom stereocenters. The lowest BCUT2D eigenvalue weighted by molar-refractivity contribution is -0.167. The van der Waals surface area contributed by atoms with E-state index < -0.39 is 6.10 Å². The second-order valence-corrected chi connectivity index (χ2v) is 18.1. The molecular formula is C59H102O6. The first kappa shape index (κ1) is 61.9. The van der Waals surface area contributed by atoms with E-state index in [9.17, 15) is 14.4 Å². The molecule has 0 saturated heterocycles. The summed E-state index contributed by atoms with van der Waals surface area (Å²) in [5.41, 5.74) is 0. The highest BCUT2D eigenvalue weighted by Gasteiger charge is 2.19. The Morgan fingerprint density at radius 2 is 0.631 bits per heavy atom. The molecule has 0 aromatic rings. The molecule has 0 bridgehead atoms. The van der Waals surface area contributed by atoms with Gasteiger partial charge < -0.3 is 14.2 Å². The number of ether oxygens (including phenoxy) is 3. The molecule has 0 radical (unpaired) electrons. The van der Waals surface area contributed by atoms with Crippen molar-refractivity contribution in [2.24, 2.45) is 0 Å². The van der Waals surface area contributed by atoms with E-state index in [1.807, 2.05) is 0 Å². The Balaban J connectivity index is 4.15. The summed E-state index contributed by atoms with van der Waals surface area (Å²) in [6, 6.07) is 0. The van der Waals surface area contributed by atoms with Crippen LogP contribution >= 0.6 is 0 Å². The number of esters is 3. The maximum Gasteiger partial charge on any atom is 0.306 e. The van der Waals surface area contributed by atoms with Gasteiger partial charge in [-0.15, -0.1) is 0 Å². The molecule has 0 aromatic heterocycles. The quantitative estimate of drug-likeness (QED) is 0.0262. The van der Waals surface area contributed by atoms with E-state index in [2.05, 4.69) is 93.7 Å². The van der Waals surface area contributed by atoms with E-state index in [0.29, 0.717) is 19.3 Å². The van der Waals surface area contributed by atoms with Crippen LogP contribution in [0.1, 0.15) is 265 Å². The minimum Gasteiger partial charge on any atom is -0.462 e. The number of unbranched alkanes of at least 4 members (excludes halogenated alkanes) is 26. The fourth-order valence-electron chi connectivity index (χ4n) is 7.59. The van der Waals surface area contributed by atoms with Crippen LogP contribution in [-0.2, 0) is 28.6 Å². The van der Waals surface area contributed by atoms with E-state index in [1.165, 1.54) is 116 Å². The van der Waals surface area contributed by atoms with Gasteiger partial charge in [-0.25, -0.2) is 0 Å². The number of carbonyl (C=O) groups excluding carboxylic acids is 3. The molecule has 0 N–H and O–H groups in total. The minimum absolute atomic E-state index is 0.0771. The van der Waals surface area contributed by atoms with Gasteiger partial charge in [-0.1, -0.05) is 235 Å². The Bertz CT molecular complexity index is 1230. The molecule has 6 heteroatoms. The molecule has 0 rings (SSSR count). The summed E-state index contributed by atoms with van der Waals surface area (Å²) < 4.78 is 16.8. The smallest absolute Gasteiger partial charge is 0.306 e. The Labute approximate surface area is 402 Å². The largest absolute Gasteiger partial charge is 0.462 e. The molecule has 0 amide bonds. The van der Waals surface area contributed by atoms with Gasteiger partial charge in [0.15, 0.2) is 6.10 Å². The number of hydrogen-bond donors (Lipinski definition) is 0. The number of carbonyl (C=O) groups is 3. The lowest BCUT2D eigenvalue weighted by atomic mass is 10.0. The third-order valence-corrected chi connectivity index (χ3v) is 11.7. The van der Waals surface area contributed by atoms with Gasteiger partial charge in [-0.05, 0) is 83.5 Å². The summed E-state index contributed by atoms with van der Waals surface area (Å²) in [7, 11) is 0. The van der Waals surface area contributed by atoms with Crippen molar-refractivity contribution in [1.29, 1.82) is 0 Å². The van der Waals surface area contributed by atoms with Crippen molar-refractivity contribution >= 4 is 17.9 Å². The lowest BCUT2D eigenvalue weighted by Gasteiger charge is -2.18. The molecule has 0 aliphatic carbocycles. The SMILES string of the molecule is CC/C=C\C/C=C\C/C=C\C/C=C\C/C=C\CCCCCCCCCCCCCC(=O)OCC(COC(=O)CCCCCCCCCCCC)OC(=O)CCCCCCC/C=C\CCC. The Kier molecular flexibility index (Phi) is 50.9. The minimum atomic E-state index is -0.776. The molecule has 0 aliphatic heterocycles. The van der Waals surface area contributed by atoms with Gasteiger partial charge in [-0.3, -0.25) is 14.4 Å². The summed E-state index contributed by atoms with van der Waals surface area (Å²) in [6.45, 7) is 6.45. The average molecular weight is 907 g/mol. The molecule has 1 atom stereocenters. The van der Waals surface area contributed by atoms with E-state index in [1.54, 1.807) is 0 Å². The zero-order valence-electron chi connectivity index (χ0n) is 42.7. The molecule has 0 heterocycles. The van der Waals surface area contributed by atoms with Crippen molar-refractivity contribution in [2.45, 2.75) is 271 Å². The maximum atomic E-state index is 12.7. The summed E-state index contributed by atoms with van der Waals surface area (Å²) >= 11 is 0. The van der Waals surface area contributed by atoms with Gasteiger partial charge in [0.05, 0.1) is 0 Å². The van der Waals surface area contributed by atoms with Crippen LogP contribution in [0.4, 0.5) is 0 Å². The van der Waals surface area contributed by atoms with Crippen molar-refractivity contribution in [1.82, 2.24) is 0 Å². The first-order chi connectivity index (χ1) is 32.0. The molecule has 0 saturated carbocycles. The normalized spacial score (nSPS) is 12.6. The van der Waals surface area contributed by atoms with E-state index >= 15 is 0 Å². The fourth-order valence-corrected chi connectivity index (χ4v) is 7.59. The van der Waals surface area contributed by atoms with Crippen molar-refractivity contribution in [3.63, 3.8) is 0 Å². The average Bonchev–Trinajstić information content (AvgIpc) is 3.30. The first-order valence-corrected chi connectivity index (χ1v) is 27.4. The monoisotopic (exact) mass is 907 g/mol. The molecule has 0 aromatic carbocycles. The van der Waals surface area contributed by atoms with Crippen LogP contribution in [-0.4, -0.2) is 37.2 Å². The fraction of sp³-hybridized carbons (Fsp3) is 0.746. The summed E-state index contributed by atoms with van der Waals surface area (Å²) in [6.07, 6.45) is 67.6. The lowest BCUT2D eigenvalue weighted by Crippen LogP contribution is -2.30. The number of hydrogen-bond acceptors (Lipinski definition) is 6. The topological polar surface area (TPSA) is 78.9 Å². The van der Waals surface area contributed by atoms with Crippen LogP contribution in [0.2, 0.25) is 0 Å². The number of rotatable bonds is 49. The Morgan fingerprint density at radius 3 is 1.02 bits per heavy atom. The zero-order chi connectivity index (χ0) is 47.2. The summed E-state index contributed by atoms with van der Waals surface area (Å²) in [5.74, 6) is -0.889. The van der Waals surface area contributed by atoms with Crippen molar-refractivity contribution < 1.29 is 28.6 Å². The van der Waals surface area contributed by atoms with E-state index in [-0.39, 0.29) is 31.1 Å². The highest BCUT2D eigenvalue weighted by atomic mass is 16.6. The van der Waals surface area contributed by atoms with Gasteiger partial charge in [0.1, 0.15) is 13.2 Å².